The van der Waals surface area contributed by atoms with E-state index >= 15 is 0 Å². The number of nitrogens with one attached hydrogen (secondary N) is 1. The van der Waals surface area contributed by atoms with Gasteiger partial charge in [-0.05, 0) is 58.5 Å². The topological polar surface area (TPSA) is 35.5 Å². The van der Waals surface area contributed by atoms with Crippen molar-refractivity contribution in [3.8, 4) is 0 Å². The molecule has 2 N–H and O–H groups in total. The van der Waals surface area contributed by atoms with E-state index in [9.17, 15) is 5.11 Å². The van der Waals surface area contributed by atoms with Crippen LogP contribution in [0.1, 0.15) is 39.5 Å². The van der Waals surface area contributed by atoms with E-state index in [1.807, 2.05) is 13.8 Å². The molecular formula is C13H26N2O. The molecule has 0 unspecified atom stereocenters. The number of likely N-dealkylation sites (tertiary alicyclic amines) is 1. The molecule has 94 valence electrons. The van der Waals surface area contributed by atoms with Crippen molar-refractivity contribution in [2.45, 2.75) is 51.2 Å². The lowest BCUT2D eigenvalue weighted by molar-refractivity contribution is 0.0715. The van der Waals surface area contributed by atoms with Crippen LogP contribution in [0.15, 0.2) is 0 Å². The number of nitrogens with zero attached hydrogens (tertiary/aromatic N) is 1. The summed E-state index contributed by atoms with van der Waals surface area (Å²) >= 11 is 0. The van der Waals surface area contributed by atoms with Gasteiger partial charge in [0, 0.05) is 19.1 Å². The molecule has 0 amide bonds. The Bertz CT molecular complexity index is 212. The van der Waals surface area contributed by atoms with Crippen LogP contribution in [0, 0.1) is 5.92 Å². The lowest BCUT2D eigenvalue weighted by atomic mass is 10.0. The minimum absolute atomic E-state index is 0.578. The van der Waals surface area contributed by atoms with E-state index in [0.29, 0.717) is 12.6 Å². The Balaban J connectivity index is 1.60. The van der Waals surface area contributed by atoms with Crippen LogP contribution in [0.3, 0.4) is 0 Å². The SMILES string of the molecule is CC(C)(O)CNC1CCN(CC2CC2)CC1. The fourth-order valence-corrected chi connectivity index (χ4v) is 2.38. The monoisotopic (exact) mass is 226 g/mol. The first-order valence-corrected chi connectivity index (χ1v) is 6.71. The third-order valence-electron chi connectivity index (χ3n) is 3.62. The standard InChI is InChI=1S/C13H26N2O/c1-13(2,16)10-14-12-5-7-15(8-6-12)9-11-3-4-11/h11-12,14,16H,3-10H2,1-2H3. The van der Waals surface area contributed by atoms with E-state index in [1.165, 1.54) is 45.3 Å². The molecule has 1 aliphatic carbocycles. The predicted octanol–water partition coefficient (Wildman–Crippen LogP) is 1.22. The maximum atomic E-state index is 9.65. The van der Waals surface area contributed by atoms with Crippen molar-refractivity contribution in [3.63, 3.8) is 0 Å². The van der Waals surface area contributed by atoms with Crippen LogP contribution in [-0.2, 0) is 0 Å². The molecule has 1 saturated heterocycles. The first-order chi connectivity index (χ1) is 7.53. The molecule has 0 aromatic carbocycles. The summed E-state index contributed by atoms with van der Waals surface area (Å²) in [7, 11) is 0. The van der Waals surface area contributed by atoms with Crippen LogP contribution in [0.2, 0.25) is 0 Å². The summed E-state index contributed by atoms with van der Waals surface area (Å²) in [5, 5.41) is 13.1. The fourth-order valence-electron chi connectivity index (χ4n) is 2.38. The molecule has 3 nitrogen and oxygen atoms in total. The zero-order valence-electron chi connectivity index (χ0n) is 10.7. The van der Waals surface area contributed by atoms with Gasteiger partial charge in [0.1, 0.15) is 0 Å². The average molecular weight is 226 g/mol. The van der Waals surface area contributed by atoms with Crippen molar-refractivity contribution in [1.29, 1.82) is 0 Å². The lowest BCUT2D eigenvalue weighted by Crippen LogP contribution is -2.47. The average Bonchev–Trinajstić information content (AvgIpc) is 3.00. The predicted molar refractivity (Wildman–Crippen MR) is 66.5 cm³/mol. The van der Waals surface area contributed by atoms with Crippen LogP contribution in [-0.4, -0.2) is 47.8 Å². The number of aliphatic hydroxyl groups is 1. The number of piperidine rings is 1. The van der Waals surface area contributed by atoms with Gasteiger partial charge in [0.05, 0.1) is 5.60 Å². The van der Waals surface area contributed by atoms with E-state index in [0.717, 1.165) is 5.92 Å². The summed E-state index contributed by atoms with van der Waals surface area (Å²) in [4.78, 5) is 2.61. The van der Waals surface area contributed by atoms with Gasteiger partial charge >= 0.3 is 0 Å². The van der Waals surface area contributed by atoms with Gasteiger partial charge in [0.15, 0.2) is 0 Å². The summed E-state index contributed by atoms with van der Waals surface area (Å²) in [6, 6.07) is 0.613. The summed E-state index contributed by atoms with van der Waals surface area (Å²) in [5.74, 6) is 1.01. The third-order valence-corrected chi connectivity index (χ3v) is 3.62. The second-order valence-corrected chi connectivity index (χ2v) is 6.21. The molecule has 1 aliphatic heterocycles. The Labute approximate surface area is 99.2 Å². The highest BCUT2D eigenvalue weighted by Gasteiger charge is 2.27. The maximum Gasteiger partial charge on any atom is 0.0715 e. The Morgan fingerprint density at radius 1 is 1.19 bits per heavy atom. The molecule has 0 bridgehead atoms. The minimum atomic E-state index is -0.578. The van der Waals surface area contributed by atoms with Gasteiger partial charge in [0.2, 0.25) is 0 Å². The molecule has 2 fully saturated rings. The number of rotatable bonds is 5. The highest BCUT2D eigenvalue weighted by molar-refractivity contribution is 4.83. The highest BCUT2D eigenvalue weighted by atomic mass is 16.3. The summed E-state index contributed by atoms with van der Waals surface area (Å²) in [5.41, 5.74) is -0.578. The second-order valence-electron chi connectivity index (χ2n) is 6.21. The normalized spacial score (nSPS) is 24.9. The second kappa shape index (κ2) is 5.03. The van der Waals surface area contributed by atoms with Gasteiger partial charge in [-0.2, -0.15) is 0 Å². The van der Waals surface area contributed by atoms with E-state index in [1.54, 1.807) is 0 Å². The summed E-state index contributed by atoms with van der Waals surface area (Å²) < 4.78 is 0. The van der Waals surface area contributed by atoms with Gasteiger partial charge in [-0.25, -0.2) is 0 Å². The Morgan fingerprint density at radius 2 is 1.81 bits per heavy atom. The molecule has 0 spiro atoms. The van der Waals surface area contributed by atoms with Crippen molar-refractivity contribution >= 4 is 0 Å². The molecule has 2 rings (SSSR count). The van der Waals surface area contributed by atoms with Crippen LogP contribution in [0.5, 0.6) is 0 Å². The van der Waals surface area contributed by atoms with Gasteiger partial charge in [-0.1, -0.05) is 0 Å². The van der Waals surface area contributed by atoms with E-state index in [4.69, 9.17) is 0 Å². The number of hydrogen-bond donors (Lipinski definition) is 2. The third kappa shape index (κ3) is 4.40. The zero-order valence-corrected chi connectivity index (χ0v) is 10.7. The Hall–Kier alpha value is -0.120. The largest absolute Gasteiger partial charge is 0.389 e. The molecule has 1 heterocycles. The fraction of sp³-hybridized carbons (Fsp3) is 1.00. The van der Waals surface area contributed by atoms with Gasteiger partial charge in [0.25, 0.3) is 0 Å². The first kappa shape index (κ1) is 12.3. The van der Waals surface area contributed by atoms with Gasteiger partial charge < -0.3 is 15.3 Å². The zero-order chi connectivity index (χ0) is 11.6. The van der Waals surface area contributed by atoms with Crippen LogP contribution in [0.25, 0.3) is 0 Å². The van der Waals surface area contributed by atoms with Crippen LogP contribution < -0.4 is 5.32 Å². The number of hydrogen-bond acceptors (Lipinski definition) is 3. The quantitative estimate of drug-likeness (QED) is 0.740. The molecule has 2 aliphatic rings. The van der Waals surface area contributed by atoms with E-state index < -0.39 is 5.60 Å². The van der Waals surface area contributed by atoms with Crippen molar-refractivity contribution in [2.75, 3.05) is 26.2 Å². The van der Waals surface area contributed by atoms with Crippen molar-refractivity contribution in [3.05, 3.63) is 0 Å². The van der Waals surface area contributed by atoms with Crippen molar-refractivity contribution in [1.82, 2.24) is 10.2 Å². The maximum absolute atomic E-state index is 9.65. The Morgan fingerprint density at radius 3 is 2.31 bits per heavy atom. The van der Waals surface area contributed by atoms with E-state index in [-0.39, 0.29) is 0 Å². The first-order valence-electron chi connectivity index (χ1n) is 6.71. The smallest absolute Gasteiger partial charge is 0.0715 e. The molecule has 3 heteroatoms. The molecule has 1 saturated carbocycles. The lowest BCUT2D eigenvalue weighted by Gasteiger charge is -2.33. The van der Waals surface area contributed by atoms with E-state index in [2.05, 4.69) is 10.2 Å². The molecule has 0 aromatic heterocycles. The van der Waals surface area contributed by atoms with Crippen molar-refractivity contribution < 1.29 is 5.11 Å². The van der Waals surface area contributed by atoms with Crippen LogP contribution >= 0.6 is 0 Å². The van der Waals surface area contributed by atoms with Crippen LogP contribution in [0.4, 0.5) is 0 Å². The highest BCUT2D eigenvalue weighted by Crippen LogP contribution is 2.30. The molecule has 0 radical (unpaired) electrons. The van der Waals surface area contributed by atoms with Gasteiger partial charge in [-0.3, -0.25) is 0 Å². The molecule has 0 atom stereocenters. The summed E-state index contributed by atoms with van der Waals surface area (Å²) in [6.45, 7) is 8.24. The molecule has 0 aromatic rings. The molecule has 16 heavy (non-hydrogen) atoms. The summed E-state index contributed by atoms with van der Waals surface area (Å²) in [6.07, 6.45) is 5.39. The van der Waals surface area contributed by atoms with Gasteiger partial charge in [-0.15, -0.1) is 0 Å². The molecular weight excluding hydrogens is 200 g/mol. The minimum Gasteiger partial charge on any atom is -0.389 e. The Kier molecular flexibility index (Phi) is 3.88. The van der Waals surface area contributed by atoms with Crippen molar-refractivity contribution in [2.24, 2.45) is 5.92 Å².